The molecule has 0 saturated heterocycles. The van der Waals surface area contributed by atoms with Crippen molar-refractivity contribution in [1.82, 2.24) is 4.57 Å². The second-order valence-corrected chi connectivity index (χ2v) is 4.12. The van der Waals surface area contributed by atoms with Gasteiger partial charge >= 0.3 is 0 Å². The Morgan fingerprint density at radius 3 is 2.00 bits per heavy atom. The number of hydrogen-bond acceptors (Lipinski definition) is 3. The molecule has 0 aliphatic heterocycles. The van der Waals surface area contributed by atoms with Gasteiger partial charge in [-0.25, -0.2) is 4.57 Å². The number of hydrogen-bond donors (Lipinski definition) is 3. The molecule has 0 fully saturated rings. The van der Waals surface area contributed by atoms with Crippen LogP contribution in [0, 0.1) is 0 Å². The maximum atomic E-state index is 9.65. The zero-order chi connectivity index (χ0) is 11.9. The van der Waals surface area contributed by atoms with Crippen molar-refractivity contribution in [2.75, 3.05) is 5.73 Å². The van der Waals surface area contributed by atoms with E-state index in [1.165, 1.54) is 6.07 Å². The van der Waals surface area contributed by atoms with Crippen LogP contribution in [-0.2, 0) is 0 Å². The Balaban J connectivity index is 2.67. The summed E-state index contributed by atoms with van der Waals surface area (Å²) in [5.74, 6) is -0.441. The quantitative estimate of drug-likeness (QED) is 0.737. The molecule has 0 atom stereocenters. The van der Waals surface area contributed by atoms with E-state index in [2.05, 4.69) is 0 Å². The molecule has 0 unspecified atom stereocenters. The predicted octanol–water partition coefficient (Wildman–Crippen LogP) is 2.78. The molecule has 1 heterocycles. The van der Waals surface area contributed by atoms with Crippen LogP contribution in [-0.4, -0.2) is 14.8 Å². The Hall–Kier alpha value is -1.52. The van der Waals surface area contributed by atoms with Gasteiger partial charge in [-0.1, -0.05) is 23.2 Å². The number of rotatable bonds is 1. The molecule has 1 aromatic carbocycles. The third-order valence-electron chi connectivity index (χ3n) is 2.09. The first-order valence-corrected chi connectivity index (χ1v) is 5.10. The molecule has 0 saturated carbocycles. The van der Waals surface area contributed by atoms with Crippen LogP contribution in [0.25, 0.3) is 5.69 Å². The molecule has 4 N–H and O–H groups in total. The Morgan fingerprint density at radius 1 is 1.00 bits per heavy atom. The second-order valence-electron chi connectivity index (χ2n) is 3.24. The molecule has 4 nitrogen and oxygen atoms in total. The lowest BCUT2D eigenvalue weighted by atomic mass is 10.3. The number of benzene rings is 1. The molecule has 0 aliphatic carbocycles. The summed E-state index contributed by atoms with van der Waals surface area (Å²) < 4.78 is 1.15. The number of anilines is 1. The number of aromatic nitrogens is 1. The van der Waals surface area contributed by atoms with Gasteiger partial charge in [0.15, 0.2) is 0 Å². The van der Waals surface area contributed by atoms with Crippen LogP contribution in [0.15, 0.2) is 24.3 Å². The molecule has 1 aromatic heterocycles. The Morgan fingerprint density at radius 2 is 1.56 bits per heavy atom. The SMILES string of the molecule is Nc1cc(O)n(-c2cc(Cl)cc(Cl)c2)c1O. The minimum Gasteiger partial charge on any atom is -0.494 e. The van der Waals surface area contributed by atoms with E-state index in [4.69, 9.17) is 28.9 Å². The van der Waals surface area contributed by atoms with Crippen LogP contribution < -0.4 is 5.73 Å². The fourth-order valence-electron chi connectivity index (χ4n) is 1.43. The molecule has 0 bridgehead atoms. The van der Waals surface area contributed by atoms with E-state index in [0.717, 1.165) is 4.57 Å². The average Bonchev–Trinajstić information content (AvgIpc) is 2.39. The fraction of sp³-hybridized carbons (Fsp3) is 0. The van der Waals surface area contributed by atoms with Crippen LogP contribution in [0.1, 0.15) is 0 Å². The van der Waals surface area contributed by atoms with Crippen LogP contribution in [0.5, 0.6) is 11.8 Å². The van der Waals surface area contributed by atoms with Crippen molar-refractivity contribution in [1.29, 1.82) is 0 Å². The molecule has 0 spiro atoms. The summed E-state index contributed by atoms with van der Waals surface area (Å²) in [7, 11) is 0. The number of nitrogen functional groups attached to an aromatic ring is 1. The highest BCUT2D eigenvalue weighted by Gasteiger charge is 2.13. The molecule has 2 aromatic rings. The molecular weight excluding hydrogens is 251 g/mol. The molecule has 6 heteroatoms. The monoisotopic (exact) mass is 258 g/mol. The van der Waals surface area contributed by atoms with E-state index in [9.17, 15) is 10.2 Å². The molecule has 2 rings (SSSR count). The first-order valence-electron chi connectivity index (χ1n) is 4.34. The number of nitrogens with zero attached hydrogens (tertiary/aromatic N) is 1. The molecule has 16 heavy (non-hydrogen) atoms. The van der Waals surface area contributed by atoms with Gasteiger partial charge < -0.3 is 15.9 Å². The van der Waals surface area contributed by atoms with E-state index in [-0.39, 0.29) is 17.4 Å². The fourth-order valence-corrected chi connectivity index (χ4v) is 1.94. The molecule has 84 valence electrons. The van der Waals surface area contributed by atoms with Crippen LogP contribution in [0.3, 0.4) is 0 Å². The zero-order valence-electron chi connectivity index (χ0n) is 7.98. The average molecular weight is 259 g/mol. The summed E-state index contributed by atoms with van der Waals surface area (Å²) in [6.07, 6.45) is 0. The van der Waals surface area contributed by atoms with Gasteiger partial charge in [-0.2, -0.15) is 0 Å². The van der Waals surface area contributed by atoms with Crippen molar-refractivity contribution in [2.24, 2.45) is 0 Å². The lowest BCUT2D eigenvalue weighted by Gasteiger charge is -2.07. The summed E-state index contributed by atoms with van der Waals surface area (Å²) in [6, 6.07) is 5.89. The van der Waals surface area contributed by atoms with Gasteiger partial charge in [-0.3, -0.25) is 0 Å². The molecule has 0 amide bonds. The van der Waals surface area contributed by atoms with E-state index in [1.807, 2.05) is 0 Å². The highest BCUT2D eigenvalue weighted by Crippen LogP contribution is 2.34. The normalized spacial score (nSPS) is 10.6. The Kier molecular flexibility index (Phi) is 2.61. The van der Waals surface area contributed by atoms with Crippen molar-refractivity contribution < 1.29 is 10.2 Å². The van der Waals surface area contributed by atoms with E-state index >= 15 is 0 Å². The molecular formula is C10H8Cl2N2O2. The summed E-state index contributed by atoms with van der Waals surface area (Å²) in [5, 5.41) is 20.0. The van der Waals surface area contributed by atoms with Crippen molar-refractivity contribution >= 4 is 28.9 Å². The molecule has 0 aliphatic rings. The standard InChI is InChI=1S/C10H8Cl2N2O2/c11-5-1-6(12)3-7(2-5)14-9(15)4-8(13)10(14)16/h1-4,15-16H,13H2. The Labute approximate surface area is 101 Å². The molecule has 0 radical (unpaired) electrons. The van der Waals surface area contributed by atoms with Crippen LogP contribution >= 0.6 is 23.2 Å². The van der Waals surface area contributed by atoms with E-state index in [1.54, 1.807) is 18.2 Å². The van der Waals surface area contributed by atoms with Gasteiger partial charge in [-0.15, -0.1) is 0 Å². The maximum Gasteiger partial charge on any atom is 0.222 e. The van der Waals surface area contributed by atoms with Crippen LogP contribution in [0.2, 0.25) is 10.0 Å². The Bertz CT molecular complexity index is 532. The van der Waals surface area contributed by atoms with Gasteiger partial charge in [0.2, 0.25) is 11.8 Å². The highest BCUT2D eigenvalue weighted by atomic mass is 35.5. The van der Waals surface area contributed by atoms with Crippen molar-refractivity contribution in [3.05, 3.63) is 34.3 Å². The first kappa shape index (κ1) is 11.0. The van der Waals surface area contributed by atoms with Gasteiger partial charge in [0.1, 0.15) is 0 Å². The van der Waals surface area contributed by atoms with Gasteiger partial charge in [0, 0.05) is 16.1 Å². The minimum atomic E-state index is -0.254. The highest BCUT2D eigenvalue weighted by molar-refractivity contribution is 6.34. The first-order chi connectivity index (χ1) is 7.49. The van der Waals surface area contributed by atoms with Crippen molar-refractivity contribution in [2.45, 2.75) is 0 Å². The zero-order valence-corrected chi connectivity index (χ0v) is 9.50. The third-order valence-corrected chi connectivity index (χ3v) is 2.53. The van der Waals surface area contributed by atoms with E-state index in [0.29, 0.717) is 15.7 Å². The maximum absolute atomic E-state index is 9.65. The minimum absolute atomic E-state index is 0.0774. The smallest absolute Gasteiger partial charge is 0.222 e. The van der Waals surface area contributed by atoms with Crippen molar-refractivity contribution in [3.8, 4) is 17.4 Å². The number of nitrogens with two attached hydrogens (primary N) is 1. The summed E-state index contributed by atoms with van der Waals surface area (Å²) in [6.45, 7) is 0. The lowest BCUT2D eigenvalue weighted by Crippen LogP contribution is -1.93. The third kappa shape index (κ3) is 1.77. The van der Waals surface area contributed by atoms with Gasteiger partial charge in [0.05, 0.1) is 11.4 Å². The van der Waals surface area contributed by atoms with Crippen molar-refractivity contribution in [3.63, 3.8) is 0 Å². The summed E-state index contributed by atoms with van der Waals surface area (Å²) in [4.78, 5) is 0. The summed E-state index contributed by atoms with van der Waals surface area (Å²) in [5.41, 5.74) is 5.97. The summed E-state index contributed by atoms with van der Waals surface area (Å²) >= 11 is 11.6. The topological polar surface area (TPSA) is 71.4 Å². The largest absolute Gasteiger partial charge is 0.494 e. The second kappa shape index (κ2) is 3.81. The number of halogens is 2. The van der Waals surface area contributed by atoms with Crippen LogP contribution in [0.4, 0.5) is 5.69 Å². The predicted molar refractivity (Wildman–Crippen MR) is 63.5 cm³/mol. The lowest BCUT2D eigenvalue weighted by molar-refractivity contribution is 0.403. The van der Waals surface area contributed by atoms with Gasteiger partial charge in [0.25, 0.3) is 0 Å². The van der Waals surface area contributed by atoms with Gasteiger partial charge in [-0.05, 0) is 18.2 Å². The number of aromatic hydroxyl groups is 2. The van der Waals surface area contributed by atoms with E-state index < -0.39 is 0 Å².